The molecule has 1 atom stereocenters. The van der Waals surface area contributed by atoms with E-state index in [0.29, 0.717) is 23.6 Å². The molecule has 1 aromatic rings. The number of alkyl halides is 3. The molecule has 2 aliphatic rings. The number of methoxy groups -OCH3 is 1. The number of hydrazone groups is 1. The maximum atomic E-state index is 12.5. The van der Waals surface area contributed by atoms with E-state index >= 15 is 0 Å². The molecule has 0 saturated carbocycles. The van der Waals surface area contributed by atoms with Gasteiger partial charge in [0.2, 0.25) is 0 Å². The van der Waals surface area contributed by atoms with Crippen LogP contribution in [0.1, 0.15) is 12.0 Å². The van der Waals surface area contributed by atoms with Crippen molar-refractivity contribution in [1.82, 2.24) is 5.01 Å². The number of likely N-dealkylation sites (N-methyl/N-ethyl adjacent to an activating group) is 1. The van der Waals surface area contributed by atoms with E-state index in [0.717, 1.165) is 11.1 Å². The first-order valence-corrected chi connectivity index (χ1v) is 7.64. The summed E-state index contributed by atoms with van der Waals surface area (Å²) in [5.41, 5.74) is 8.19. The number of benzene rings is 1. The number of ether oxygens (including phenoxy) is 2. The van der Waals surface area contributed by atoms with Crippen LogP contribution in [0.25, 0.3) is 5.57 Å². The minimum atomic E-state index is -4.40. The summed E-state index contributed by atoms with van der Waals surface area (Å²) in [5.74, 6) is 1.17. The van der Waals surface area contributed by atoms with Gasteiger partial charge >= 0.3 is 6.18 Å². The average molecular weight is 353 g/mol. The highest BCUT2D eigenvalue weighted by Gasteiger charge is 2.32. The van der Waals surface area contributed by atoms with Gasteiger partial charge in [0, 0.05) is 18.2 Å². The lowest BCUT2D eigenvalue weighted by Gasteiger charge is -2.25. The number of allylic oxidation sites excluding steroid dienone is 2. The van der Waals surface area contributed by atoms with Gasteiger partial charge in [-0.15, -0.1) is 0 Å². The first-order chi connectivity index (χ1) is 11.8. The molecule has 1 heterocycles. The summed E-state index contributed by atoms with van der Waals surface area (Å²) < 4.78 is 47.8. The zero-order valence-electron chi connectivity index (χ0n) is 13.8. The van der Waals surface area contributed by atoms with E-state index in [2.05, 4.69) is 5.10 Å². The number of rotatable bonds is 4. The summed E-state index contributed by atoms with van der Waals surface area (Å²) in [6.45, 7) is -1.35. The highest BCUT2D eigenvalue weighted by atomic mass is 19.4. The van der Waals surface area contributed by atoms with Gasteiger partial charge in [-0.1, -0.05) is 12.2 Å². The second-order valence-electron chi connectivity index (χ2n) is 5.86. The molecule has 134 valence electrons. The first-order valence-electron chi connectivity index (χ1n) is 7.64. The van der Waals surface area contributed by atoms with Crippen molar-refractivity contribution in [3.63, 3.8) is 0 Å². The highest BCUT2D eigenvalue weighted by molar-refractivity contribution is 6.01. The summed E-state index contributed by atoms with van der Waals surface area (Å²) in [5, 5.41) is 5.96. The third-order valence-corrected chi connectivity index (χ3v) is 4.17. The van der Waals surface area contributed by atoms with Crippen molar-refractivity contribution in [2.75, 3.05) is 20.8 Å². The molecule has 25 heavy (non-hydrogen) atoms. The van der Waals surface area contributed by atoms with Gasteiger partial charge in [-0.05, 0) is 30.2 Å². The van der Waals surface area contributed by atoms with Crippen molar-refractivity contribution in [1.29, 1.82) is 0 Å². The Kier molecular flexibility index (Phi) is 4.36. The normalized spacial score (nSPS) is 19.8. The number of nitrogens with two attached hydrogens (primary N) is 1. The minimum absolute atomic E-state index is 0.0401. The Morgan fingerprint density at radius 3 is 2.76 bits per heavy atom. The van der Waals surface area contributed by atoms with Gasteiger partial charge in [0.1, 0.15) is 17.3 Å². The fourth-order valence-electron chi connectivity index (χ4n) is 2.95. The Morgan fingerprint density at radius 2 is 2.08 bits per heavy atom. The number of nitrogens with zero attached hydrogens (tertiary/aromatic N) is 2. The van der Waals surface area contributed by atoms with Crippen LogP contribution in [0.3, 0.4) is 0 Å². The van der Waals surface area contributed by atoms with Gasteiger partial charge in [-0.25, -0.2) is 0 Å². The molecule has 2 N–H and O–H groups in total. The average Bonchev–Trinajstić information content (AvgIpc) is 2.86. The van der Waals surface area contributed by atoms with E-state index in [-0.39, 0.29) is 11.8 Å². The summed E-state index contributed by atoms with van der Waals surface area (Å²) in [4.78, 5) is 0. The van der Waals surface area contributed by atoms with Crippen LogP contribution < -0.4 is 15.2 Å². The molecule has 0 bridgehead atoms. The molecule has 1 aliphatic heterocycles. The van der Waals surface area contributed by atoms with Crippen LogP contribution in [-0.2, 0) is 0 Å². The maximum Gasteiger partial charge on any atom is 0.422 e. The second-order valence-corrected chi connectivity index (χ2v) is 5.86. The van der Waals surface area contributed by atoms with Crippen molar-refractivity contribution in [2.24, 2.45) is 10.8 Å². The molecule has 0 amide bonds. The molecular formula is C17H18F3N3O2. The Hall–Kier alpha value is -2.64. The monoisotopic (exact) mass is 353 g/mol. The van der Waals surface area contributed by atoms with E-state index in [1.165, 1.54) is 13.2 Å². The molecule has 0 fully saturated rings. The largest absolute Gasteiger partial charge is 0.497 e. The Morgan fingerprint density at radius 1 is 1.32 bits per heavy atom. The first kappa shape index (κ1) is 17.2. The number of halogens is 3. The molecule has 8 heteroatoms. The third kappa shape index (κ3) is 3.57. The highest BCUT2D eigenvalue weighted by Crippen LogP contribution is 2.38. The fourth-order valence-corrected chi connectivity index (χ4v) is 2.95. The summed E-state index contributed by atoms with van der Waals surface area (Å²) in [6, 6.07) is 4.70. The van der Waals surface area contributed by atoms with Gasteiger partial charge in [0.15, 0.2) is 6.61 Å². The van der Waals surface area contributed by atoms with Crippen molar-refractivity contribution in [3.8, 4) is 11.5 Å². The van der Waals surface area contributed by atoms with Crippen LogP contribution in [-0.4, -0.2) is 43.8 Å². The second kappa shape index (κ2) is 6.34. The molecule has 3 rings (SSSR count). The molecule has 0 aromatic heterocycles. The van der Waals surface area contributed by atoms with Crippen LogP contribution in [0.4, 0.5) is 13.2 Å². The van der Waals surface area contributed by atoms with E-state index in [9.17, 15) is 13.2 Å². The van der Waals surface area contributed by atoms with Crippen LogP contribution in [0.2, 0.25) is 0 Å². The van der Waals surface area contributed by atoms with Crippen LogP contribution >= 0.6 is 0 Å². The van der Waals surface area contributed by atoms with Gasteiger partial charge < -0.3 is 15.2 Å². The third-order valence-electron chi connectivity index (χ3n) is 4.17. The van der Waals surface area contributed by atoms with E-state index in [4.69, 9.17) is 15.2 Å². The summed E-state index contributed by atoms with van der Waals surface area (Å²) in [6.07, 6.45) is -0.164. The Labute approximate surface area is 143 Å². The molecule has 0 radical (unpaired) electrons. The molecular weight excluding hydrogens is 335 g/mol. The molecule has 5 nitrogen and oxygen atoms in total. The number of fused-ring (bicyclic) bond motifs is 1. The number of hydrogen-bond acceptors (Lipinski definition) is 5. The van der Waals surface area contributed by atoms with Gasteiger partial charge in [0.25, 0.3) is 0 Å². The Bertz CT molecular complexity index is 769. The quantitative estimate of drug-likeness (QED) is 0.904. The molecule has 1 aliphatic carbocycles. The zero-order valence-corrected chi connectivity index (χ0v) is 13.8. The molecule has 0 saturated heterocycles. The lowest BCUT2D eigenvalue weighted by atomic mass is 9.89. The SMILES string of the molecule is COc1ccc(OCC(F)(F)F)c(C2=CC=C3C(N)=NN(C)C3C2)c1. The van der Waals surface area contributed by atoms with Crippen molar-refractivity contribution in [3.05, 3.63) is 41.5 Å². The predicted molar refractivity (Wildman–Crippen MR) is 88.4 cm³/mol. The van der Waals surface area contributed by atoms with Crippen molar-refractivity contribution < 1.29 is 22.6 Å². The molecule has 0 spiro atoms. The molecule has 1 unspecified atom stereocenters. The maximum absolute atomic E-state index is 12.5. The van der Waals surface area contributed by atoms with Crippen LogP contribution in [0.15, 0.2) is 41.0 Å². The lowest BCUT2D eigenvalue weighted by Crippen LogP contribution is -2.27. The van der Waals surface area contributed by atoms with E-state index in [1.807, 2.05) is 19.2 Å². The van der Waals surface area contributed by atoms with Gasteiger partial charge in [-0.2, -0.15) is 18.3 Å². The van der Waals surface area contributed by atoms with Crippen molar-refractivity contribution in [2.45, 2.75) is 18.6 Å². The smallest absolute Gasteiger partial charge is 0.422 e. The van der Waals surface area contributed by atoms with E-state index in [1.54, 1.807) is 17.1 Å². The topological polar surface area (TPSA) is 60.1 Å². The lowest BCUT2D eigenvalue weighted by molar-refractivity contribution is -0.153. The summed E-state index contributed by atoms with van der Waals surface area (Å²) in [7, 11) is 3.32. The fraction of sp³-hybridized carbons (Fsp3) is 0.353. The van der Waals surface area contributed by atoms with Gasteiger partial charge in [-0.3, -0.25) is 5.01 Å². The standard InChI is InChI=1S/C17H18F3N3O2/c1-23-14-7-10(3-5-12(14)16(21)22-23)13-8-11(24-2)4-6-15(13)25-9-17(18,19)20/h3-6,8,14H,7,9H2,1-2H3,(H2,21,22). The minimum Gasteiger partial charge on any atom is -0.497 e. The van der Waals surface area contributed by atoms with Crippen LogP contribution in [0, 0.1) is 0 Å². The zero-order chi connectivity index (χ0) is 18.2. The number of hydrogen-bond donors (Lipinski definition) is 1. The van der Waals surface area contributed by atoms with E-state index < -0.39 is 12.8 Å². The number of amidine groups is 1. The molecule has 1 aromatic carbocycles. The summed E-state index contributed by atoms with van der Waals surface area (Å²) >= 11 is 0. The van der Waals surface area contributed by atoms with Gasteiger partial charge in [0.05, 0.1) is 13.2 Å². The van der Waals surface area contributed by atoms with Crippen LogP contribution in [0.5, 0.6) is 11.5 Å². The Balaban J connectivity index is 1.94. The predicted octanol–water partition coefficient (Wildman–Crippen LogP) is 2.94. The van der Waals surface area contributed by atoms with Crippen molar-refractivity contribution >= 4 is 11.4 Å².